The Bertz CT molecular complexity index is 640. The molecule has 1 aromatic heterocycles. The van der Waals surface area contributed by atoms with Crippen molar-refractivity contribution in [3.05, 3.63) is 35.5 Å². The van der Waals surface area contributed by atoms with Gasteiger partial charge in [0, 0.05) is 35.1 Å². The van der Waals surface area contributed by atoms with E-state index in [9.17, 15) is 4.79 Å². The van der Waals surface area contributed by atoms with Crippen LogP contribution in [-0.4, -0.2) is 17.1 Å². The Morgan fingerprint density at radius 3 is 2.83 bits per heavy atom. The number of amides is 1. The minimum atomic E-state index is -0.398. The Balaban J connectivity index is 2.46. The van der Waals surface area contributed by atoms with E-state index < -0.39 is 6.03 Å². The lowest BCUT2D eigenvalue weighted by atomic mass is 9.87. The van der Waals surface area contributed by atoms with Crippen LogP contribution in [0, 0.1) is 0 Å². The Morgan fingerprint density at radius 2 is 2.11 bits per heavy atom. The molecule has 0 saturated heterocycles. The first kappa shape index (κ1) is 11.3. The highest BCUT2D eigenvalue weighted by atomic mass is 16.2. The van der Waals surface area contributed by atoms with Gasteiger partial charge in [-0.25, -0.2) is 4.79 Å². The average Bonchev–Trinajstić information content (AvgIpc) is 2.63. The van der Waals surface area contributed by atoms with E-state index in [0.29, 0.717) is 0 Å². The summed E-state index contributed by atoms with van der Waals surface area (Å²) >= 11 is 0. The summed E-state index contributed by atoms with van der Waals surface area (Å²) in [5, 5.41) is 4.61. The number of hydrogen-bond acceptors (Lipinski definition) is 2. The first-order chi connectivity index (χ1) is 8.52. The van der Waals surface area contributed by atoms with E-state index in [4.69, 9.17) is 5.73 Å². The van der Waals surface area contributed by atoms with E-state index >= 15 is 0 Å². The number of nitrogens with zero attached hydrogens (tertiary/aromatic N) is 1. The number of aromatic nitrogens is 1. The highest BCUT2D eigenvalue weighted by Crippen LogP contribution is 2.36. The van der Waals surface area contributed by atoms with Crippen molar-refractivity contribution in [2.24, 2.45) is 5.73 Å². The van der Waals surface area contributed by atoms with Crippen molar-refractivity contribution in [2.45, 2.75) is 25.8 Å². The molecule has 0 spiro atoms. The van der Waals surface area contributed by atoms with Gasteiger partial charge >= 0.3 is 6.03 Å². The number of para-hydroxylation sites is 1. The Morgan fingerprint density at radius 1 is 1.39 bits per heavy atom. The third-order valence-electron chi connectivity index (χ3n) is 3.75. The van der Waals surface area contributed by atoms with Gasteiger partial charge in [-0.3, -0.25) is 4.57 Å². The lowest BCUT2D eigenvalue weighted by Crippen LogP contribution is -2.43. The molecule has 2 aromatic rings. The number of benzene rings is 1. The third kappa shape index (κ3) is 1.39. The van der Waals surface area contributed by atoms with E-state index in [0.717, 1.165) is 29.6 Å². The van der Waals surface area contributed by atoms with E-state index in [1.807, 2.05) is 18.2 Å². The summed E-state index contributed by atoms with van der Waals surface area (Å²) in [6.07, 6.45) is 0.830. The molecule has 4 nitrogen and oxygen atoms in total. The van der Waals surface area contributed by atoms with Crippen LogP contribution in [0.3, 0.4) is 0 Å². The zero-order chi connectivity index (χ0) is 12.9. The molecule has 18 heavy (non-hydrogen) atoms. The van der Waals surface area contributed by atoms with E-state index in [-0.39, 0.29) is 5.54 Å². The fourth-order valence-electron chi connectivity index (χ4n) is 3.06. The van der Waals surface area contributed by atoms with E-state index in [1.54, 1.807) is 4.57 Å². The summed E-state index contributed by atoms with van der Waals surface area (Å²) < 4.78 is 1.66. The van der Waals surface area contributed by atoms with Gasteiger partial charge in [-0.05, 0) is 19.9 Å². The molecule has 0 radical (unpaired) electrons. The van der Waals surface area contributed by atoms with E-state index in [2.05, 4.69) is 25.2 Å². The lowest BCUT2D eigenvalue weighted by Gasteiger charge is -2.32. The maximum Gasteiger partial charge on any atom is 0.323 e. The summed E-state index contributed by atoms with van der Waals surface area (Å²) in [6.45, 7) is 5.15. The maximum absolute atomic E-state index is 11.7. The van der Waals surface area contributed by atoms with Gasteiger partial charge in [0.1, 0.15) is 0 Å². The van der Waals surface area contributed by atoms with Crippen LogP contribution in [0.5, 0.6) is 0 Å². The van der Waals surface area contributed by atoms with Gasteiger partial charge in [0.2, 0.25) is 0 Å². The minimum absolute atomic E-state index is 0.131. The molecular formula is C14H17N3O. The van der Waals surface area contributed by atoms with Gasteiger partial charge in [0.15, 0.2) is 0 Å². The Hall–Kier alpha value is -1.81. The Kier molecular flexibility index (Phi) is 2.25. The summed E-state index contributed by atoms with van der Waals surface area (Å²) in [5.74, 6) is 0. The highest BCUT2D eigenvalue weighted by Gasteiger charge is 2.33. The molecule has 0 unspecified atom stereocenters. The molecule has 0 aliphatic carbocycles. The predicted molar refractivity (Wildman–Crippen MR) is 71.7 cm³/mol. The van der Waals surface area contributed by atoms with Gasteiger partial charge in [-0.15, -0.1) is 0 Å². The molecular weight excluding hydrogens is 226 g/mol. The monoisotopic (exact) mass is 243 g/mol. The number of rotatable bonds is 0. The van der Waals surface area contributed by atoms with Crippen LogP contribution in [0.25, 0.3) is 10.9 Å². The zero-order valence-corrected chi connectivity index (χ0v) is 10.7. The van der Waals surface area contributed by atoms with Gasteiger partial charge in [-0.1, -0.05) is 18.2 Å². The number of carbonyl (C=O) groups excluding carboxylic acids is 1. The minimum Gasteiger partial charge on any atom is -0.351 e. The second-order valence-electron chi connectivity index (χ2n) is 5.31. The molecule has 4 heteroatoms. The first-order valence-electron chi connectivity index (χ1n) is 6.20. The summed E-state index contributed by atoms with van der Waals surface area (Å²) in [7, 11) is 0. The largest absolute Gasteiger partial charge is 0.351 e. The van der Waals surface area contributed by atoms with Crippen molar-refractivity contribution in [1.82, 2.24) is 9.88 Å². The molecule has 1 aromatic carbocycles. The quantitative estimate of drug-likeness (QED) is 0.743. The molecule has 1 aliphatic heterocycles. The van der Waals surface area contributed by atoms with Crippen molar-refractivity contribution in [1.29, 1.82) is 0 Å². The van der Waals surface area contributed by atoms with Gasteiger partial charge in [0.05, 0.1) is 5.52 Å². The van der Waals surface area contributed by atoms with Crippen LogP contribution in [-0.2, 0) is 12.0 Å². The van der Waals surface area contributed by atoms with Gasteiger partial charge < -0.3 is 11.1 Å². The molecule has 2 heterocycles. The van der Waals surface area contributed by atoms with Crippen LogP contribution in [0.2, 0.25) is 0 Å². The third-order valence-corrected chi connectivity index (χ3v) is 3.75. The van der Waals surface area contributed by atoms with Crippen molar-refractivity contribution in [2.75, 3.05) is 6.54 Å². The summed E-state index contributed by atoms with van der Waals surface area (Å²) in [4.78, 5) is 11.7. The van der Waals surface area contributed by atoms with E-state index in [1.165, 1.54) is 5.56 Å². The number of nitrogens with two attached hydrogens (primary N) is 1. The van der Waals surface area contributed by atoms with Crippen LogP contribution in [0.15, 0.2) is 24.3 Å². The molecule has 0 atom stereocenters. The van der Waals surface area contributed by atoms with Crippen LogP contribution in [0.4, 0.5) is 4.79 Å². The maximum atomic E-state index is 11.7. The average molecular weight is 243 g/mol. The topological polar surface area (TPSA) is 60.1 Å². The first-order valence-corrected chi connectivity index (χ1v) is 6.20. The van der Waals surface area contributed by atoms with Crippen LogP contribution >= 0.6 is 0 Å². The van der Waals surface area contributed by atoms with Crippen LogP contribution in [0.1, 0.15) is 25.1 Å². The molecule has 0 saturated carbocycles. The second-order valence-corrected chi connectivity index (χ2v) is 5.31. The number of hydrogen-bond donors (Lipinski definition) is 2. The van der Waals surface area contributed by atoms with Crippen LogP contribution < -0.4 is 11.1 Å². The van der Waals surface area contributed by atoms with Crippen molar-refractivity contribution < 1.29 is 4.79 Å². The SMILES string of the molecule is CC1(C)NCCc2c1c1ccccc1n2C(N)=O. The summed E-state index contributed by atoms with van der Waals surface area (Å²) in [5.41, 5.74) is 8.56. The number of carbonyl (C=O) groups is 1. The number of primary amides is 1. The predicted octanol–water partition coefficient (Wildman–Crippen LogP) is 1.95. The zero-order valence-electron chi connectivity index (χ0n) is 10.7. The molecule has 1 amide bonds. The normalized spacial score (nSPS) is 17.7. The fraction of sp³-hybridized carbons (Fsp3) is 0.357. The molecule has 0 fully saturated rings. The van der Waals surface area contributed by atoms with Gasteiger partial charge in [0.25, 0.3) is 0 Å². The lowest BCUT2D eigenvalue weighted by molar-refractivity contribution is 0.250. The second kappa shape index (κ2) is 3.59. The Labute approximate surface area is 106 Å². The molecule has 3 N–H and O–H groups in total. The van der Waals surface area contributed by atoms with Gasteiger partial charge in [-0.2, -0.15) is 0 Å². The fourth-order valence-corrected chi connectivity index (χ4v) is 3.06. The highest BCUT2D eigenvalue weighted by molar-refractivity contribution is 5.95. The molecule has 1 aliphatic rings. The van der Waals surface area contributed by atoms with Crippen molar-refractivity contribution >= 4 is 16.9 Å². The van der Waals surface area contributed by atoms with Crippen molar-refractivity contribution in [3.8, 4) is 0 Å². The molecule has 3 rings (SSSR count). The smallest absolute Gasteiger partial charge is 0.323 e. The molecule has 94 valence electrons. The molecule has 0 bridgehead atoms. The number of nitrogens with one attached hydrogen (secondary N) is 1. The van der Waals surface area contributed by atoms with Crippen molar-refractivity contribution in [3.63, 3.8) is 0 Å². The number of fused-ring (bicyclic) bond motifs is 3. The summed E-state index contributed by atoms with van der Waals surface area (Å²) in [6, 6.07) is 7.55. The standard InChI is InChI=1S/C14H17N3O/c1-14(2)12-9-5-3-4-6-10(9)17(13(15)18)11(12)7-8-16-14/h3-6,16H,7-8H2,1-2H3,(H2,15,18).